The van der Waals surface area contributed by atoms with Crippen molar-refractivity contribution in [3.8, 4) is 0 Å². The van der Waals surface area contributed by atoms with Gasteiger partial charge in [-0.25, -0.2) is 4.68 Å². The number of nitrogens with zero attached hydrogens (tertiary/aromatic N) is 6. The Morgan fingerprint density at radius 2 is 1.79 bits per heavy atom. The Morgan fingerprint density at radius 3 is 2.38 bits per heavy atom. The maximum absolute atomic E-state index is 4.41. The molecule has 0 aliphatic carbocycles. The van der Waals surface area contributed by atoms with Crippen molar-refractivity contribution in [3.63, 3.8) is 0 Å². The Balaban J connectivity index is 2.09. The monoisotopic (exact) mass is 334 g/mol. The van der Waals surface area contributed by atoms with E-state index in [1.54, 1.807) is 0 Å². The Hall–Kier alpha value is -1.27. The van der Waals surface area contributed by atoms with E-state index in [2.05, 4.69) is 59.6 Å². The Kier molecular flexibility index (Phi) is 7.37. The van der Waals surface area contributed by atoms with Gasteiger partial charge in [0.15, 0.2) is 5.82 Å². The van der Waals surface area contributed by atoms with E-state index in [1.807, 2.05) is 10.8 Å². The number of aryl methyl sites for hydroxylation is 1. The smallest absolute Gasteiger partial charge is 0.168 e. The lowest BCUT2D eigenvalue weighted by Gasteiger charge is -2.39. The molecule has 0 N–H and O–H groups in total. The van der Waals surface area contributed by atoms with E-state index >= 15 is 0 Å². The van der Waals surface area contributed by atoms with Gasteiger partial charge in [-0.15, -0.1) is 11.7 Å². The van der Waals surface area contributed by atoms with Crippen LogP contribution in [0.25, 0.3) is 0 Å². The van der Waals surface area contributed by atoms with Gasteiger partial charge in [-0.1, -0.05) is 33.8 Å². The van der Waals surface area contributed by atoms with Gasteiger partial charge in [-0.2, -0.15) is 0 Å². The van der Waals surface area contributed by atoms with Crippen LogP contribution in [-0.2, 0) is 6.54 Å². The quantitative estimate of drug-likeness (QED) is 0.650. The number of piperazine rings is 1. The zero-order chi connectivity index (χ0) is 17.5. The van der Waals surface area contributed by atoms with E-state index in [0.717, 1.165) is 57.9 Å². The lowest BCUT2D eigenvalue weighted by atomic mass is 10.0. The van der Waals surface area contributed by atoms with Crippen LogP contribution < -0.4 is 0 Å². The van der Waals surface area contributed by atoms with Crippen molar-refractivity contribution in [1.29, 1.82) is 0 Å². The molecule has 1 aliphatic heterocycles. The molecule has 1 aliphatic rings. The van der Waals surface area contributed by atoms with Gasteiger partial charge in [-0.05, 0) is 35.1 Å². The van der Waals surface area contributed by atoms with E-state index in [0.29, 0.717) is 17.9 Å². The summed E-state index contributed by atoms with van der Waals surface area (Å²) in [6, 6.07) is 0.318. The summed E-state index contributed by atoms with van der Waals surface area (Å²) in [6.07, 6.45) is 4.21. The molecule has 0 bridgehead atoms. The third-order valence-electron chi connectivity index (χ3n) is 4.71. The number of tetrazole rings is 1. The van der Waals surface area contributed by atoms with Crippen molar-refractivity contribution >= 4 is 0 Å². The SMILES string of the molecule is C=CCN1CCN(C(CC(C)C)c2nnnn2CCC(C)C)CC1. The largest absolute Gasteiger partial charge is 0.297 e. The minimum atomic E-state index is 0.318. The van der Waals surface area contributed by atoms with E-state index in [4.69, 9.17) is 0 Å². The summed E-state index contributed by atoms with van der Waals surface area (Å²) in [7, 11) is 0. The number of rotatable bonds is 9. The summed E-state index contributed by atoms with van der Waals surface area (Å²) in [5, 5.41) is 12.6. The predicted octanol–water partition coefficient (Wildman–Crippen LogP) is 2.61. The van der Waals surface area contributed by atoms with Crippen LogP contribution in [-0.4, -0.2) is 62.7 Å². The zero-order valence-corrected chi connectivity index (χ0v) is 15.9. The third kappa shape index (κ3) is 5.38. The second-order valence-electron chi connectivity index (χ2n) is 7.71. The van der Waals surface area contributed by atoms with E-state index in [9.17, 15) is 0 Å². The number of hydrogen-bond acceptors (Lipinski definition) is 5. The standard InChI is InChI=1S/C18H34N6/c1-6-8-22-10-12-23(13-11-22)17(14-16(4)5)18-19-20-21-24(18)9-7-15(2)3/h6,15-17H,1,7-14H2,2-5H3. The first kappa shape index (κ1) is 19.1. The van der Waals surface area contributed by atoms with E-state index in [-0.39, 0.29) is 0 Å². The molecular weight excluding hydrogens is 300 g/mol. The molecule has 136 valence electrons. The molecule has 24 heavy (non-hydrogen) atoms. The van der Waals surface area contributed by atoms with Gasteiger partial charge < -0.3 is 0 Å². The molecule has 1 aromatic rings. The Morgan fingerprint density at radius 1 is 1.08 bits per heavy atom. The second kappa shape index (κ2) is 9.28. The average Bonchev–Trinajstić information content (AvgIpc) is 3.00. The van der Waals surface area contributed by atoms with Crippen molar-refractivity contribution in [3.05, 3.63) is 18.5 Å². The summed E-state index contributed by atoms with van der Waals surface area (Å²) in [5.41, 5.74) is 0. The molecule has 6 heteroatoms. The van der Waals surface area contributed by atoms with Gasteiger partial charge >= 0.3 is 0 Å². The molecule has 2 rings (SSSR count). The highest BCUT2D eigenvalue weighted by Crippen LogP contribution is 2.27. The molecule has 6 nitrogen and oxygen atoms in total. The topological polar surface area (TPSA) is 50.1 Å². The van der Waals surface area contributed by atoms with Crippen LogP contribution in [0.15, 0.2) is 12.7 Å². The second-order valence-corrected chi connectivity index (χ2v) is 7.71. The summed E-state index contributed by atoms with van der Waals surface area (Å²) >= 11 is 0. The van der Waals surface area contributed by atoms with Crippen molar-refractivity contribution in [2.24, 2.45) is 11.8 Å². The predicted molar refractivity (Wildman–Crippen MR) is 97.7 cm³/mol. The Bertz CT molecular complexity index is 487. The van der Waals surface area contributed by atoms with Crippen LogP contribution in [0.4, 0.5) is 0 Å². The highest BCUT2D eigenvalue weighted by molar-refractivity contribution is 4.96. The fourth-order valence-corrected chi connectivity index (χ4v) is 3.29. The maximum atomic E-state index is 4.41. The summed E-state index contributed by atoms with van der Waals surface area (Å²) in [4.78, 5) is 5.02. The van der Waals surface area contributed by atoms with Crippen LogP contribution in [0.2, 0.25) is 0 Å². The minimum absolute atomic E-state index is 0.318. The molecule has 1 fully saturated rings. The van der Waals surface area contributed by atoms with Crippen molar-refractivity contribution in [2.75, 3.05) is 32.7 Å². The molecule has 1 aromatic heterocycles. The molecule has 1 unspecified atom stereocenters. The van der Waals surface area contributed by atoms with Crippen LogP contribution in [0.1, 0.15) is 52.4 Å². The molecule has 0 spiro atoms. The van der Waals surface area contributed by atoms with Gasteiger partial charge in [0.05, 0.1) is 6.04 Å². The Labute approximate surface area is 146 Å². The van der Waals surface area contributed by atoms with Crippen LogP contribution >= 0.6 is 0 Å². The molecule has 0 aromatic carbocycles. The molecule has 1 saturated heterocycles. The lowest BCUT2D eigenvalue weighted by molar-refractivity contribution is 0.0861. The van der Waals surface area contributed by atoms with Gasteiger partial charge in [0.1, 0.15) is 0 Å². The lowest BCUT2D eigenvalue weighted by Crippen LogP contribution is -2.48. The van der Waals surface area contributed by atoms with Crippen molar-refractivity contribution in [2.45, 2.75) is 53.1 Å². The van der Waals surface area contributed by atoms with Gasteiger partial charge in [0.25, 0.3) is 0 Å². The van der Waals surface area contributed by atoms with Gasteiger partial charge in [0, 0.05) is 39.3 Å². The number of aromatic nitrogens is 4. The minimum Gasteiger partial charge on any atom is -0.297 e. The van der Waals surface area contributed by atoms with Gasteiger partial charge in [0.2, 0.25) is 0 Å². The zero-order valence-electron chi connectivity index (χ0n) is 15.9. The third-order valence-corrected chi connectivity index (χ3v) is 4.71. The first-order chi connectivity index (χ1) is 11.5. The van der Waals surface area contributed by atoms with Crippen molar-refractivity contribution < 1.29 is 0 Å². The van der Waals surface area contributed by atoms with Gasteiger partial charge in [-0.3, -0.25) is 9.80 Å². The molecule has 0 radical (unpaired) electrons. The van der Waals surface area contributed by atoms with Crippen LogP contribution in [0, 0.1) is 11.8 Å². The molecule has 2 heterocycles. The maximum Gasteiger partial charge on any atom is 0.168 e. The fourth-order valence-electron chi connectivity index (χ4n) is 3.29. The average molecular weight is 335 g/mol. The molecule has 0 amide bonds. The summed E-state index contributed by atoms with van der Waals surface area (Å²) in [6.45, 7) is 19.1. The highest BCUT2D eigenvalue weighted by atomic mass is 15.5. The first-order valence-corrected chi connectivity index (χ1v) is 9.34. The van der Waals surface area contributed by atoms with Crippen molar-refractivity contribution in [1.82, 2.24) is 30.0 Å². The fraction of sp³-hybridized carbons (Fsp3) is 0.833. The summed E-state index contributed by atoms with van der Waals surface area (Å²) in [5.74, 6) is 2.33. The van der Waals surface area contributed by atoms with Crippen LogP contribution in [0.3, 0.4) is 0 Å². The molecular formula is C18H34N6. The highest BCUT2D eigenvalue weighted by Gasteiger charge is 2.29. The molecule has 0 saturated carbocycles. The first-order valence-electron chi connectivity index (χ1n) is 9.34. The molecule has 1 atom stereocenters. The van der Waals surface area contributed by atoms with E-state index < -0.39 is 0 Å². The van der Waals surface area contributed by atoms with Crippen LogP contribution in [0.5, 0.6) is 0 Å². The van der Waals surface area contributed by atoms with E-state index in [1.165, 1.54) is 0 Å². The normalized spacial score (nSPS) is 18.4. The number of hydrogen-bond donors (Lipinski definition) is 0. The summed E-state index contributed by atoms with van der Waals surface area (Å²) < 4.78 is 2.03.